The number of hydrogen-bond donors (Lipinski definition) is 1. The summed E-state index contributed by atoms with van der Waals surface area (Å²) in [5, 5.41) is 9.87. The lowest BCUT2D eigenvalue weighted by atomic mass is 9.80. The molecule has 1 unspecified atom stereocenters. The van der Waals surface area contributed by atoms with Crippen molar-refractivity contribution >= 4 is 13.0 Å². The predicted octanol–water partition coefficient (Wildman–Crippen LogP) is 5.15. The van der Waals surface area contributed by atoms with Crippen LogP contribution in [-0.4, -0.2) is 78.0 Å². The number of rotatable bonds is 8. The summed E-state index contributed by atoms with van der Waals surface area (Å²) in [6.07, 6.45) is 2.38. The van der Waals surface area contributed by atoms with Crippen LogP contribution in [-0.2, 0) is 4.79 Å². The van der Waals surface area contributed by atoms with Crippen molar-refractivity contribution in [1.82, 2.24) is 14.6 Å². The second kappa shape index (κ2) is 12.8. The van der Waals surface area contributed by atoms with Crippen LogP contribution in [0.4, 0.5) is 8.78 Å². The second-order valence-corrected chi connectivity index (χ2v) is 12.0. The number of ether oxygens (including phenoxy) is 1. The van der Waals surface area contributed by atoms with E-state index in [0.29, 0.717) is 32.0 Å². The molecule has 2 aliphatic rings. The van der Waals surface area contributed by atoms with Crippen molar-refractivity contribution in [2.24, 2.45) is 11.3 Å². The smallest absolute Gasteiger partial charge is 0.387 e. The van der Waals surface area contributed by atoms with Crippen LogP contribution in [0.1, 0.15) is 57.2 Å². The summed E-state index contributed by atoms with van der Waals surface area (Å²) in [7, 11) is -0.444. The summed E-state index contributed by atoms with van der Waals surface area (Å²) in [5.41, 5.74) is 1.81. The molecule has 0 spiro atoms. The van der Waals surface area contributed by atoms with Gasteiger partial charge < -0.3 is 19.5 Å². The SMILES string of the molecule is CB(O)N1CCC(CC(=O)N2CCN(C(c3ccccc3)c3cccc(OC(F)F)c3)C[C@@H]2C(C)(C)C)CC1. The molecular weight excluding hydrogens is 499 g/mol. The first-order valence-corrected chi connectivity index (χ1v) is 14.1. The molecule has 39 heavy (non-hydrogen) atoms. The van der Waals surface area contributed by atoms with Crippen LogP contribution in [0, 0.1) is 11.3 Å². The van der Waals surface area contributed by atoms with E-state index in [0.717, 1.165) is 37.1 Å². The number of halogens is 2. The molecule has 2 fully saturated rings. The summed E-state index contributed by atoms with van der Waals surface area (Å²) in [4.78, 5) is 20.2. The Bertz CT molecular complexity index is 1070. The molecule has 1 N–H and O–H groups in total. The van der Waals surface area contributed by atoms with E-state index in [9.17, 15) is 18.6 Å². The van der Waals surface area contributed by atoms with Gasteiger partial charge in [0.25, 0.3) is 0 Å². The average molecular weight is 541 g/mol. The van der Waals surface area contributed by atoms with E-state index in [4.69, 9.17) is 4.74 Å². The number of alkyl halides is 2. The number of carbonyl (C=O) groups excluding carboxylic acids is 1. The van der Waals surface area contributed by atoms with Crippen molar-refractivity contribution in [1.29, 1.82) is 0 Å². The van der Waals surface area contributed by atoms with Crippen LogP contribution in [0.15, 0.2) is 54.6 Å². The molecule has 2 aromatic rings. The summed E-state index contributed by atoms with van der Waals surface area (Å²) < 4.78 is 30.7. The Morgan fingerprint density at radius 1 is 1.03 bits per heavy atom. The zero-order valence-electron chi connectivity index (χ0n) is 23.6. The van der Waals surface area contributed by atoms with Gasteiger partial charge in [-0.15, -0.1) is 0 Å². The number of piperidine rings is 1. The van der Waals surface area contributed by atoms with E-state index < -0.39 is 13.7 Å². The average Bonchev–Trinajstić information content (AvgIpc) is 2.89. The lowest BCUT2D eigenvalue weighted by molar-refractivity contribution is -0.141. The van der Waals surface area contributed by atoms with Gasteiger partial charge in [0.15, 0.2) is 0 Å². The molecule has 0 bridgehead atoms. The number of piperazine rings is 1. The Hall–Kier alpha value is -2.49. The van der Waals surface area contributed by atoms with Crippen molar-refractivity contribution < 1.29 is 23.3 Å². The Labute approximate surface area is 232 Å². The zero-order chi connectivity index (χ0) is 28.2. The molecule has 1 amide bonds. The van der Waals surface area contributed by atoms with Gasteiger partial charge in [0.05, 0.1) is 6.04 Å². The van der Waals surface area contributed by atoms with Crippen LogP contribution in [0.25, 0.3) is 0 Å². The molecular formula is C30H42BF2N3O3. The molecule has 2 aromatic carbocycles. The first kappa shape index (κ1) is 29.5. The van der Waals surface area contributed by atoms with Crippen LogP contribution < -0.4 is 4.74 Å². The topological polar surface area (TPSA) is 56.2 Å². The van der Waals surface area contributed by atoms with Gasteiger partial charge in [-0.2, -0.15) is 8.78 Å². The van der Waals surface area contributed by atoms with Crippen LogP contribution in [0.5, 0.6) is 5.75 Å². The molecule has 2 saturated heterocycles. The van der Waals surface area contributed by atoms with Gasteiger partial charge in [-0.1, -0.05) is 63.2 Å². The summed E-state index contributed by atoms with van der Waals surface area (Å²) in [6, 6.07) is 16.9. The number of carbonyl (C=O) groups is 1. The van der Waals surface area contributed by atoms with Crippen LogP contribution in [0.3, 0.4) is 0 Å². The number of nitrogens with zero attached hydrogens (tertiary/aromatic N) is 3. The fraction of sp³-hybridized carbons (Fsp3) is 0.567. The fourth-order valence-electron chi connectivity index (χ4n) is 6.08. The van der Waals surface area contributed by atoms with E-state index in [-0.39, 0.29) is 29.2 Å². The fourth-order valence-corrected chi connectivity index (χ4v) is 6.08. The maximum Gasteiger partial charge on any atom is 0.387 e. The van der Waals surface area contributed by atoms with Gasteiger partial charge in [0.2, 0.25) is 5.91 Å². The maximum atomic E-state index is 13.7. The third-order valence-electron chi connectivity index (χ3n) is 8.25. The highest BCUT2D eigenvalue weighted by molar-refractivity contribution is 6.45. The van der Waals surface area contributed by atoms with Crippen LogP contribution >= 0.6 is 0 Å². The van der Waals surface area contributed by atoms with Gasteiger partial charge >= 0.3 is 13.7 Å². The summed E-state index contributed by atoms with van der Waals surface area (Å²) in [5.74, 6) is 0.681. The summed E-state index contributed by atoms with van der Waals surface area (Å²) in [6.45, 7) is 9.06. The highest BCUT2D eigenvalue weighted by Crippen LogP contribution is 2.37. The third kappa shape index (κ3) is 7.59. The molecule has 2 atom stereocenters. The minimum Gasteiger partial charge on any atom is -0.437 e. The van der Waals surface area contributed by atoms with Gasteiger partial charge in [-0.05, 0) is 67.3 Å². The Balaban J connectivity index is 1.54. The Kier molecular flexibility index (Phi) is 9.67. The monoisotopic (exact) mass is 541 g/mol. The first-order chi connectivity index (χ1) is 18.5. The molecule has 0 aromatic heterocycles. The lowest BCUT2D eigenvalue weighted by Crippen LogP contribution is -2.60. The van der Waals surface area contributed by atoms with Gasteiger partial charge in [0.1, 0.15) is 5.75 Å². The van der Waals surface area contributed by atoms with E-state index >= 15 is 0 Å². The van der Waals surface area contributed by atoms with Crippen LogP contribution in [0.2, 0.25) is 6.82 Å². The molecule has 6 nitrogen and oxygen atoms in total. The molecule has 212 valence electrons. The first-order valence-electron chi connectivity index (χ1n) is 14.1. The molecule has 0 saturated carbocycles. The third-order valence-corrected chi connectivity index (χ3v) is 8.25. The quantitative estimate of drug-likeness (QED) is 0.469. The van der Waals surface area contributed by atoms with Crippen molar-refractivity contribution in [3.05, 3.63) is 65.7 Å². The normalized spacial score (nSPS) is 20.7. The minimum atomic E-state index is -2.88. The summed E-state index contributed by atoms with van der Waals surface area (Å²) >= 11 is 0. The molecule has 4 rings (SSSR count). The standard InChI is InChI=1S/C30H42BF2N3O3/c1-30(2,3)26-21-34(17-18-36(26)27(37)19-22-13-15-35(16-14-22)31(4)38)28(23-9-6-5-7-10-23)24-11-8-12-25(20-24)39-29(32)33/h5-12,20,22,26,28-29,38H,13-19,21H2,1-4H3/t26-,28?/m1/s1. The number of amides is 1. The Morgan fingerprint density at radius 2 is 1.69 bits per heavy atom. The van der Waals surface area contributed by atoms with Crippen molar-refractivity contribution in [3.8, 4) is 5.75 Å². The number of benzene rings is 2. The van der Waals surface area contributed by atoms with E-state index in [1.807, 2.05) is 24.3 Å². The van der Waals surface area contributed by atoms with E-state index in [1.54, 1.807) is 25.0 Å². The molecule has 0 aliphatic carbocycles. The minimum absolute atomic E-state index is 0.00279. The van der Waals surface area contributed by atoms with Gasteiger partial charge in [-0.3, -0.25) is 9.69 Å². The molecule has 9 heteroatoms. The van der Waals surface area contributed by atoms with Gasteiger partial charge in [-0.25, -0.2) is 0 Å². The van der Waals surface area contributed by atoms with Gasteiger partial charge in [0, 0.05) is 32.1 Å². The van der Waals surface area contributed by atoms with Crippen molar-refractivity contribution in [2.45, 2.75) is 65.6 Å². The molecule has 0 radical (unpaired) electrons. The molecule has 2 aliphatic heterocycles. The second-order valence-electron chi connectivity index (χ2n) is 12.0. The Morgan fingerprint density at radius 3 is 2.31 bits per heavy atom. The zero-order valence-corrected chi connectivity index (χ0v) is 23.6. The van der Waals surface area contributed by atoms with Crippen molar-refractivity contribution in [3.63, 3.8) is 0 Å². The predicted molar refractivity (Wildman–Crippen MR) is 151 cm³/mol. The molecule has 2 heterocycles. The number of hydrogen-bond acceptors (Lipinski definition) is 5. The van der Waals surface area contributed by atoms with E-state index in [2.05, 4.69) is 47.5 Å². The maximum absolute atomic E-state index is 13.7. The largest absolute Gasteiger partial charge is 0.437 e. The van der Waals surface area contributed by atoms with Crippen molar-refractivity contribution in [2.75, 3.05) is 32.7 Å². The van der Waals surface area contributed by atoms with E-state index in [1.165, 1.54) is 0 Å². The lowest BCUT2D eigenvalue weighted by Gasteiger charge is -2.50. The highest BCUT2D eigenvalue weighted by Gasteiger charge is 2.41. The highest BCUT2D eigenvalue weighted by atomic mass is 19.3.